The largest absolute Gasteiger partial charge is 0.491 e. The molecular formula is C37H44Cl2N8O4. The Morgan fingerprint density at radius 1 is 1.00 bits per heavy atom. The normalized spacial score (nSPS) is 25.6. The summed E-state index contributed by atoms with van der Waals surface area (Å²) in [4.78, 5) is 19.2. The first-order valence-electron chi connectivity index (χ1n) is 17.5. The second kappa shape index (κ2) is 14.5. The van der Waals surface area contributed by atoms with E-state index in [1.165, 1.54) is 0 Å². The van der Waals surface area contributed by atoms with Crippen molar-refractivity contribution in [2.24, 2.45) is 5.41 Å². The summed E-state index contributed by atoms with van der Waals surface area (Å²) in [6.45, 7) is 12.6. The molecule has 2 aliphatic heterocycles. The highest BCUT2D eigenvalue weighted by molar-refractivity contribution is 6.32. The molecule has 5 atom stereocenters. The van der Waals surface area contributed by atoms with Crippen molar-refractivity contribution >= 4 is 34.6 Å². The first-order chi connectivity index (χ1) is 24.6. The molecule has 14 heteroatoms. The van der Waals surface area contributed by atoms with Gasteiger partial charge in [-0.2, -0.15) is 20.1 Å². The zero-order chi connectivity index (χ0) is 35.8. The second-order valence-electron chi connectivity index (χ2n) is 13.7. The van der Waals surface area contributed by atoms with Crippen LogP contribution in [0.2, 0.25) is 0 Å². The molecular weight excluding hydrogens is 691 g/mol. The molecule has 0 radical (unpaired) electrons. The smallest absolute Gasteiger partial charge is 0.350 e. The van der Waals surface area contributed by atoms with Gasteiger partial charge in [0.2, 0.25) is 5.79 Å². The first kappa shape index (κ1) is 35.3. The Kier molecular flexibility index (Phi) is 10.0. The zero-order valence-corrected chi connectivity index (χ0v) is 30.9. The van der Waals surface area contributed by atoms with E-state index in [0.29, 0.717) is 18.2 Å². The summed E-state index contributed by atoms with van der Waals surface area (Å²) in [5.74, 6) is -0.327. The van der Waals surface area contributed by atoms with Crippen LogP contribution >= 0.6 is 23.2 Å². The fourth-order valence-electron chi connectivity index (χ4n) is 6.93. The van der Waals surface area contributed by atoms with E-state index in [0.717, 1.165) is 61.0 Å². The molecule has 3 unspecified atom stereocenters. The molecule has 2 fully saturated rings. The van der Waals surface area contributed by atoms with Crippen LogP contribution in [0.15, 0.2) is 89.2 Å². The van der Waals surface area contributed by atoms with Crippen LogP contribution in [0.1, 0.15) is 38.8 Å². The maximum Gasteiger partial charge on any atom is 0.350 e. The number of rotatable bonds is 11. The van der Waals surface area contributed by atoms with Gasteiger partial charge >= 0.3 is 5.69 Å². The predicted molar refractivity (Wildman–Crippen MR) is 198 cm³/mol. The molecule has 4 heterocycles. The van der Waals surface area contributed by atoms with Gasteiger partial charge in [0.15, 0.2) is 0 Å². The van der Waals surface area contributed by atoms with Crippen molar-refractivity contribution in [1.29, 1.82) is 0 Å². The molecule has 0 N–H and O–H groups in total. The average molecular weight is 736 g/mol. The van der Waals surface area contributed by atoms with Gasteiger partial charge in [0, 0.05) is 42.6 Å². The number of allylic oxidation sites excluding steroid dienone is 3. The lowest BCUT2D eigenvalue weighted by molar-refractivity contribution is -0.238. The van der Waals surface area contributed by atoms with E-state index < -0.39 is 16.6 Å². The molecule has 0 saturated carbocycles. The third-order valence-corrected chi connectivity index (χ3v) is 11.2. The van der Waals surface area contributed by atoms with E-state index in [1.807, 2.05) is 44.2 Å². The van der Waals surface area contributed by atoms with Crippen molar-refractivity contribution in [2.45, 2.75) is 64.0 Å². The van der Waals surface area contributed by atoms with E-state index >= 15 is 0 Å². The summed E-state index contributed by atoms with van der Waals surface area (Å²) in [5, 5.41) is 13.0. The summed E-state index contributed by atoms with van der Waals surface area (Å²) in [6, 6.07) is 14.5. The third-order valence-electron chi connectivity index (χ3n) is 10.4. The predicted octanol–water partition coefficient (Wildman–Crippen LogP) is 5.73. The van der Waals surface area contributed by atoms with Crippen LogP contribution in [0.25, 0.3) is 5.69 Å². The van der Waals surface area contributed by atoms with Gasteiger partial charge in [0.25, 0.3) is 0 Å². The molecule has 0 bridgehead atoms. The maximum atomic E-state index is 12.8. The Labute approximate surface area is 307 Å². The minimum atomic E-state index is -1.13. The van der Waals surface area contributed by atoms with Crippen LogP contribution in [0.4, 0.5) is 11.4 Å². The van der Waals surface area contributed by atoms with E-state index in [4.69, 9.17) is 37.4 Å². The zero-order valence-electron chi connectivity index (χ0n) is 29.4. The van der Waals surface area contributed by atoms with E-state index in [2.05, 4.69) is 63.2 Å². The van der Waals surface area contributed by atoms with Gasteiger partial charge < -0.3 is 24.0 Å². The molecule has 7 rings (SSSR count). The topological polar surface area (TPSA) is 105 Å². The molecule has 2 aromatic carbocycles. The maximum absolute atomic E-state index is 12.8. The molecule has 12 nitrogen and oxygen atoms in total. The molecule has 3 aliphatic rings. The van der Waals surface area contributed by atoms with Crippen molar-refractivity contribution in [2.75, 3.05) is 49.2 Å². The number of ether oxygens (including phenoxy) is 3. The number of hydrogen-bond donors (Lipinski definition) is 0. The summed E-state index contributed by atoms with van der Waals surface area (Å²) >= 11 is 13.1. The fourth-order valence-corrected chi connectivity index (χ4v) is 7.56. The van der Waals surface area contributed by atoms with Gasteiger partial charge in [-0.05, 0) is 87.4 Å². The molecule has 2 saturated heterocycles. The van der Waals surface area contributed by atoms with Gasteiger partial charge in [-0.3, -0.25) is 0 Å². The standard InChI is InChI=1S/C37H44Cl2N8O4/c1-5-27(3)47-35(48)45(25-42-47)30-8-6-29(7-9-30)43-16-18-44(19-17-43)31-10-11-33(26(2)20-31)49-22-32-23-50-37(51-32,24-46-40-14-15-41-46)36(4)13-12-28(38)21-34(36)39/h6-15,20-21,25,27,32,34H,5,16-19,22-24H2,1-4H3/t27?,32-,34?,36?,37-/m1/s1. The van der Waals surface area contributed by atoms with Gasteiger partial charge in [0.1, 0.15) is 31.3 Å². The Bertz CT molecular complexity index is 1940. The number of halogens is 2. The number of hydrogen-bond acceptors (Lipinski definition) is 9. The number of benzene rings is 2. The highest BCUT2D eigenvalue weighted by Gasteiger charge is 2.58. The minimum Gasteiger partial charge on any atom is -0.491 e. The number of anilines is 2. The van der Waals surface area contributed by atoms with Gasteiger partial charge in [0.05, 0.1) is 41.5 Å². The number of piperazine rings is 1. The minimum absolute atomic E-state index is 0.0635. The van der Waals surface area contributed by atoms with Crippen LogP contribution in [0.5, 0.6) is 5.75 Å². The quantitative estimate of drug-likeness (QED) is 0.179. The van der Waals surface area contributed by atoms with Crippen molar-refractivity contribution < 1.29 is 14.2 Å². The van der Waals surface area contributed by atoms with Crippen LogP contribution in [0.3, 0.4) is 0 Å². The van der Waals surface area contributed by atoms with Crippen LogP contribution in [-0.4, -0.2) is 86.0 Å². The number of aryl methyl sites for hydroxylation is 1. The first-order valence-corrected chi connectivity index (χ1v) is 18.3. The molecule has 0 spiro atoms. The second-order valence-corrected chi connectivity index (χ2v) is 14.6. The van der Waals surface area contributed by atoms with Crippen molar-refractivity contribution in [3.63, 3.8) is 0 Å². The Balaban J connectivity index is 0.949. The summed E-state index contributed by atoms with van der Waals surface area (Å²) < 4.78 is 22.6. The Morgan fingerprint density at radius 2 is 1.67 bits per heavy atom. The summed E-state index contributed by atoms with van der Waals surface area (Å²) in [7, 11) is 0. The highest BCUT2D eigenvalue weighted by atomic mass is 35.5. The lowest BCUT2D eigenvalue weighted by Crippen LogP contribution is -2.55. The summed E-state index contributed by atoms with van der Waals surface area (Å²) in [6.07, 6.45) is 10.9. The van der Waals surface area contributed by atoms with E-state index in [-0.39, 0.29) is 24.4 Å². The van der Waals surface area contributed by atoms with Gasteiger partial charge in [-0.1, -0.05) is 24.6 Å². The van der Waals surface area contributed by atoms with Crippen LogP contribution < -0.4 is 20.2 Å². The van der Waals surface area contributed by atoms with Crippen molar-refractivity contribution in [1.82, 2.24) is 29.3 Å². The van der Waals surface area contributed by atoms with Gasteiger partial charge in [-0.15, -0.1) is 11.6 Å². The van der Waals surface area contributed by atoms with Gasteiger partial charge in [-0.25, -0.2) is 14.0 Å². The lowest BCUT2D eigenvalue weighted by atomic mass is 9.75. The van der Waals surface area contributed by atoms with Crippen molar-refractivity contribution in [3.8, 4) is 11.4 Å². The molecule has 0 amide bonds. The molecule has 270 valence electrons. The van der Waals surface area contributed by atoms with E-state index in [9.17, 15) is 4.79 Å². The fraction of sp³-hybridized carbons (Fsp3) is 0.459. The Morgan fingerprint density at radius 3 is 2.33 bits per heavy atom. The van der Waals surface area contributed by atoms with E-state index in [1.54, 1.807) is 38.8 Å². The molecule has 2 aromatic heterocycles. The number of alkyl halides is 1. The monoisotopic (exact) mass is 734 g/mol. The summed E-state index contributed by atoms with van der Waals surface area (Å²) in [5.41, 5.74) is 3.31. The lowest BCUT2D eigenvalue weighted by Gasteiger charge is -2.45. The molecule has 1 aliphatic carbocycles. The number of nitrogens with zero attached hydrogens (tertiary/aromatic N) is 8. The van der Waals surface area contributed by atoms with Crippen molar-refractivity contribution in [3.05, 3.63) is 100 Å². The molecule has 4 aromatic rings. The third kappa shape index (κ3) is 6.94. The SMILES string of the molecule is CCC(C)n1ncn(-c2ccc(N3CCN(c4ccc(OC[C@@H]5CO[C@@](Cn6nccn6)(C6(C)C=CC(Cl)=CC6Cl)O5)c(C)c4)CC3)cc2)c1=O. The average Bonchev–Trinajstić information content (AvgIpc) is 3.91. The van der Waals surface area contributed by atoms with Crippen LogP contribution in [-0.2, 0) is 16.0 Å². The highest BCUT2D eigenvalue weighted by Crippen LogP contribution is 2.49. The molecule has 51 heavy (non-hydrogen) atoms. The Hall–Kier alpha value is -4.10. The number of aromatic nitrogens is 6. The van der Waals surface area contributed by atoms with Crippen LogP contribution in [0, 0.1) is 12.3 Å².